The number of fused-ring (bicyclic) bond motifs is 3. The van der Waals surface area contributed by atoms with Crippen LogP contribution in [0.1, 0.15) is 31.2 Å². The van der Waals surface area contributed by atoms with Gasteiger partial charge in [0.25, 0.3) is 5.56 Å². The zero-order chi connectivity index (χ0) is 20.8. The number of ether oxygens (including phenoxy) is 2. The molecule has 7 heteroatoms. The molecule has 3 heterocycles. The van der Waals surface area contributed by atoms with Crippen molar-refractivity contribution in [3.8, 4) is 11.4 Å². The van der Waals surface area contributed by atoms with Crippen molar-refractivity contribution >= 4 is 33.3 Å². The topological polar surface area (TPSA) is 53.4 Å². The molecule has 0 unspecified atom stereocenters. The van der Waals surface area contributed by atoms with Crippen molar-refractivity contribution < 1.29 is 9.47 Å². The van der Waals surface area contributed by atoms with Crippen LogP contribution in [0.5, 0.6) is 5.75 Å². The Hall–Kier alpha value is -2.09. The summed E-state index contributed by atoms with van der Waals surface area (Å²) in [5, 5.41) is 1.35. The van der Waals surface area contributed by atoms with Crippen LogP contribution in [-0.4, -0.2) is 28.0 Å². The predicted molar refractivity (Wildman–Crippen MR) is 120 cm³/mol. The SMILES string of the molecule is C=C(C)CSc1nc2sc3c(c2c(=O)n1-c1ccccc1OC)CC(C)(C)OC3. The minimum Gasteiger partial charge on any atom is -0.495 e. The number of hydrogen-bond donors (Lipinski definition) is 0. The maximum atomic E-state index is 13.8. The molecule has 0 radical (unpaired) electrons. The summed E-state index contributed by atoms with van der Waals surface area (Å²) >= 11 is 3.08. The summed E-state index contributed by atoms with van der Waals surface area (Å²) in [6, 6.07) is 7.55. The summed E-state index contributed by atoms with van der Waals surface area (Å²) in [7, 11) is 1.61. The lowest BCUT2D eigenvalue weighted by molar-refractivity contribution is -0.0379. The van der Waals surface area contributed by atoms with Crippen molar-refractivity contribution in [2.45, 2.75) is 44.6 Å². The molecule has 0 fully saturated rings. The van der Waals surface area contributed by atoms with E-state index < -0.39 is 0 Å². The highest BCUT2D eigenvalue weighted by atomic mass is 32.2. The number of methoxy groups -OCH3 is 1. The second-order valence-electron chi connectivity index (χ2n) is 7.86. The van der Waals surface area contributed by atoms with Crippen molar-refractivity contribution in [1.29, 1.82) is 0 Å². The van der Waals surface area contributed by atoms with Crippen molar-refractivity contribution in [3.63, 3.8) is 0 Å². The fourth-order valence-corrected chi connectivity index (χ4v) is 5.48. The van der Waals surface area contributed by atoms with Crippen LogP contribution >= 0.6 is 23.1 Å². The Morgan fingerprint density at radius 3 is 2.90 bits per heavy atom. The Kier molecular flexibility index (Phi) is 5.31. The van der Waals surface area contributed by atoms with Gasteiger partial charge in [0, 0.05) is 17.1 Å². The molecule has 1 aromatic carbocycles. The van der Waals surface area contributed by atoms with E-state index >= 15 is 0 Å². The molecule has 29 heavy (non-hydrogen) atoms. The zero-order valence-corrected chi connectivity index (χ0v) is 18.7. The van der Waals surface area contributed by atoms with Gasteiger partial charge in [-0.3, -0.25) is 9.36 Å². The number of benzene rings is 1. The van der Waals surface area contributed by atoms with E-state index in [1.165, 1.54) is 11.8 Å². The van der Waals surface area contributed by atoms with Crippen LogP contribution in [0, 0.1) is 0 Å². The quantitative estimate of drug-likeness (QED) is 0.326. The van der Waals surface area contributed by atoms with E-state index in [0.29, 0.717) is 40.8 Å². The molecule has 0 bridgehead atoms. The van der Waals surface area contributed by atoms with Gasteiger partial charge in [0.2, 0.25) is 0 Å². The van der Waals surface area contributed by atoms with E-state index in [1.807, 2.05) is 31.2 Å². The standard InChI is InChI=1S/C22H24N2O3S2/c1-13(2)12-28-21-23-19-18(14-10-22(3,4)27-11-17(14)29-19)20(25)24(21)15-8-6-7-9-16(15)26-5/h6-9H,1,10-12H2,2-5H3. The number of nitrogens with zero attached hydrogens (tertiary/aromatic N) is 2. The van der Waals surface area contributed by atoms with Crippen LogP contribution in [0.4, 0.5) is 0 Å². The molecule has 0 aliphatic carbocycles. The van der Waals surface area contributed by atoms with E-state index in [-0.39, 0.29) is 11.2 Å². The maximum absolute atomic E-state index is 13.8. The third-order valence-corrected chi connectivity index (χ3v) is 7.12. The number of thiophene rings is 1. The molecule has 1 aliphatic rings. The molecule has 1 aliphatic heterocycles. The molecule has 0 saturated heterocycles. The van der Waals surface area contributed by atoms with E-state index in [2.05, 4.69) is 20.4 Å². The molecule has 0 atom stereocenters. The second-order valence-corrected chi connectivity index (χ2v) is 9.89. The highest BCUT2D eigenvalue weighted by Gasteiger charge is 2.31. The van der Waals surface area contributed by atoms with Gasteiger partial charge < -0.3 is 9.47 Å². The van der Waals surface area contributed by atoms with Crippen LogP contribution in [0.2, 0.25) is 0 Å². The van der Waals surface area contributed by atoms with Crippen molar-refractivity contribution in [2.75, 3.05) is 12.9 Å². The lowest BCUT2D eigenvalue weighted by Gasteiger charge is -2.30. The number of rotatable bonds is 5. The minimum atomic E-state index is -0.296. The molecule has 0 saturated carbocycles. The van der Waals surface area contributed by atoms with Crippen molar-refractivity contribution in [2.24, 2.45) is 0 Å². The predicted octanol–water partition coefficient (Wildman–Crippen LogP) is 4.98. The summed E-state index contributed by atoms with van der Waals surface area (Å²) in [6.45, 7) is 10.6. The van der Waals surface area contributed by atoms with Gasteiger partial charge in [-0.25, -0.2) is 4.98 Å². The van der Waals surface area contributed by atoms with E-state index in [4.69, 9.17) is 14.5 Å². The zero-order valence-electron chi connectivity index (χ0n) is 17.1. The molecule has 152 valence electrons. The average Bonchev–Trinajstić information content (AvgIpc) is 3.03. The van der Waals surface area contributed by atoms with Crippen molar-refractivity contribution in [3.05, 3.63) is 57.2 Å². The Balaban J connectivity index is 2.01. The first-order chi connectivity index (χ1) is 13.8. The molecular weight excluding hydrogens is 404 g/mol. The first-order valence-electron chi connectivity index (χ1n) is 9.42. The van der Waals surface area contributed by atoms with Crippen LogP contribution in [0.15, 0.2) is 46.4 Å². The highest BCUT2D eigenvalue weighted by Crippen LogP contribution is 2.38. The van der Waals surface area contributed by atoms with Crippen molar-refractivity contribution in [1.82, 2.24) is 9.55 Å². The summed E-state index contributed by atoms with van der Waals surface area (Å²) in [5.41, 5.74) is 2.44. The fourth-order valence-electron chi connectivity index (χ4n) is 3.49. The smallest absolute Gasteiger partial charge is 0.267 e. The van der Waals surface area contributed by atoms with Gasteiger partial charge in [-0.2, -0.15) is 0 Å². The Labute approximate surface area is 178 Å². The first-order valence-corrected chi connectivity index (χ1v) is 11.2. The Bertz CT molecular complexity index is 1160. The molecular formula is C22H24N2O3S2. The third kappa shape index (κ3) is 3.74. The van der Waals surface area contributed by atoms with Crippen LogP contribution in [-0.2, 0) is 17.8 Å². The number of hydrogen-bond acceptors (Lipinski definition) is 6. The number of thioether (sulfide) groups is 1. The highest BCUT2D eigenvalue weighted by molar-refractivity contribution is 7.99. The third-order valence-electron chi connectivity index (χ3n) is 4.85. The average molecular weight is 429 g/mol. The molecule has 0 amide bonds. The molecule has 4 rings (SSSR count). The first kappa shape index (κ1) is 20.2. The summed E-state index contributed by atoms with van der Waals surface area (Å²) in [5.74, 6) is 1.33. The molecule has 5 nitrogen and oxygen atoms in total. The van der Waals surface area contributed by atoms with Gasteiger partial charge in [0.1, 0.15) is 10.6 Å². The lowest BCUT2D eigenvalue weighted by atomic mass is 9.94. The largest absolute Gasteiger partial charge is 0.495 e. The maximum Gasteiger partial charge on any atom is 0.267 e. The van der Waals surface area contributed by atoms with Gasteiger partial charge in [0.05, 0.1) is 30.4 Å². The van der Waals surface area contributed by atoms with E-state index in [0.717, 1.165) is 20.8 Å². The van der Waals surface area contributed by atoms with E-state index in [9.17, 15) is 4.79 Å². The van der Waals surface area contributed by atoms with Gasteiger partial charge in [0.15, 0.2) is 5.16 Å². The summed E-state index contributed by atoms with van der Waals surface area (Å²) in [6.07, 6.45) is 0.698. The van der Waals surface area contributed by atoms with Gasteiger partial charge >= 0.3 is 0 Å². The van der Waals surface area contributed by atoms with Crippen LogP contribution in [0.3, 0.4) is 0 Å². The number of aromatic nitrogens is 2. The normalized spacial score (nSPS) is 15.3. The monoisotopic (exact) mass is 428 g/mol. The lowest BCUT2D eigenvalue weighted by Crippen LogP contribution is -2.32. The molecule has 2 aromatic heterocycles. The van der Waals surface area contributed by atoms with Gasteiger partial charge in [-0.1, -0.05) is 36.0 Å². The molecule has 3 aromatic rings. The molecule has 0 N–H and O–H groups in total. The van der Waals surface area contributed by atoms with Crippen LogP contribution < -0.4 is 10.3 Å². The van der Waals surface area contributed by atoms with Gasteiger partial charge in [-0.15, -0.1) is 11.3 Å². The Morgan fingerprint density at radius 2 is 2.17 bits per heavy atom. The summed E-state index contributed by atoms with van der Waals surface area (Å²) in [4.78, 5) is 20.6. The number of para-hydroxylation sites is 2. The van der Waals surface area contributed by atoms with E-state index in [1.54, 1.807) is 23.0 Å². The fraction of sp³-hybridized carbons (Fsp3) is 0.364. The van der Waals surface area contributed by atoms with Gasteiger partial charge in [-0.05, 0) is 38.5 Å². The molecule has 0 spiro atoms. The Morgan fingerprint density at radius 1 is 1.41 bits per heavy atom. The minimum absolute atomic E-state index is 0.0566. The summed E-state index contributed by atoms with van der Waals surface area (Å²) < 4.78 is 13.2. The van der Waals surface area contributed by atoms with Crippen LogP contribution in [0.25, 0.3) is 15.9 Å². The second kappa shape index (κ2) is 7.63.